The Labute approximate surface area is 123 Å². The lowest BCUT2D eigenvalue weighted by atomic mass is 9.73. The van der Waals surface area contributed by atoms with Gasteiger partial charge >= 0.3 is 5.97 Å². The van der Waals surface area contributed by atoms with Crippen molar-refractivity contribution in [2.45, 2.75) is 52.2 Å². The molecule has 0 radical (unpaired) electrons. The van der Waals surface area contributed by atoms with E-state index in [-0.39, 0.29) is 18.9 Å². The van der Waals surface area contributed by atoms with Crippen LogP contribution in [0.4, 0.5) is 0 Å². The maximum atomic E-state index is 12.9. The number of carbonyl (C=O) groups excluding carboxylic acids is 1. The number of aliphatic carboxylic acids is 1. The molecule has 1 aliphatic heterocycles. The van der Waals surface area contributed by atoms with Gasteiger partial charge in [0.2, 0.25) is 5.91 Å². The normalized spacial score (nSPS) is 19.3. The van der Waals surface area contributed by atoms with Crippen LogP contribution in [-0.2, 0) is 22.6 Å². The number of nitrogens with two attached hydrogens (primary N) is 1. The maximum absolute atomic E-state index is 12.9. The van der Waals surface area contributed by atoms with E-state index in [0.29, 0.717) is 5.69 Å². The van der Waals surface area contributed by atoms with Gasteiger partial charge in [0.1, 0.15) is 6.04 Å². The average molecular weight is 294 g/mol. The molecule has 7 nitrogen and oxygen atoms in total. The number of amides is 1. The Morgan fingerprint density at radius 1 is 1.43 bits per heavy atom. The van der Waals surface area contributed by atoms with Crippen molar-refractivity contribution in [1.82, 2.24) is 14.9 Å². The van der Waals surface area contributed by atoms with Crippen molar-refractivity contribution in [3.8, 4) is 0 Å². The average Bonchev–Trinajstić information content (AvgIpc) is 2.81. The van der Waals surface area contributed by atoms with Crippen LogP contribution in [0.15, 0.2) is 6.33 Å². The number of hydrogen-bond donors (Lipinski definition) is 3. The lowest BCUT2D eigenvalue weighted by Crippen LogP contribution is -2.60. The van der Waals surface area contributed by atoms with Crippen molar-refractivity contribution in [3.63, 3.8) is 0 Å². The van der Waals surface area contributed by atoms with Crippen LogP contribution >= 0.6 is 0 Å². The molecule has 1 unspecified atom stereocenters. The molecular weight excluding hydrogens is 272 g/mol. The fraction of sp³-hybridized carbons (Fsp3) is 0.643. The van der Waals surface area contributed by atoms with Crippen LogP contribution in [0.5, 0.6) is 0 Å². The summed E-state index contributed by atoms with van der Waals surface area (Å²) in [6, 6.07) is -0.907. The molecule has 0 bridgehead atoms. The van der Waals surface area contributed by atoms with E-state index in [1.165, 1.54) is 11.2 Å². The van der Waals surface area contributed by atoms with Crippen molar-refractivity contribution in [2.75, 3.05) is 0 Å². The zero-order chi connectivity index (χ0) is 16.0. The number of rotatable bonds is 3. The summed E-state index contributed by atoms with van der Waals surface area (Å²) in [6.45, 7) is 7.25. The quantitative estimate of drug-likeness (QED) is 0.752. The second-order valence-electron chi connectivity index (χ2n) is 6.67. The van der Waals surface area contributed by atoms with E-state index in [9.17, 15) is 14.7 Å². The van der Waals surface area contributed by atoms with Crippen LogP contribution in [0.2, 0.25) is 0 Å². The minimum atomic E-state index is -1.03. The number of aromatic amines is 1. The number of hydrogen-bond acceptors (Lipinski definition) is 4. The molecule has 7 heteroatoms. The van der Waals surface area contributed by atoms with Gasteiger partial charge in [-0.15, -0.1) is 0 Å². The van der Waals surface area contributed by atoms with Crippen LogP contribution in [0.25, 0.3) is 0 Å². The molecule has 0 fully saturated rings. The predicted molar refractivity (Wildman–Crippen MR) is 76.3 cm³/mol. The van der Waals surface area contributed by atoms with E-state index in [1.54, 1.807) is 27.7 Å². The van der Waals surface area contributed by atoms with Crippen molar-refractivity contribution < 1.29 is 14.7 Å². The Kier molecular flexibility index (Phi) is 3.57. The largest absolute Gasteiger partial charge is 0.480 e. The van der Waals surface area contributed by atoms with Gasteiger partial charge in [-0.25, -0.2) is 9.78 Å². The molecule has 2 rings (SSSR count). The number of aromatic nitrogens is 2. The summed E-state index contributed by atoms with van der Waals surface area (Å²) in [5.74, 6) is -1.29. The molecule has 0 aliphatic carbocycles. The van der Waals surface area contributed by atoms with Gasteiger partial charge in [-0.05, 0) is 27.7 Å². The molecule has 1 aromatic heterocycles. The Balaban J connectivity index is 2.37. The number of nitrogens with one attached hydrogen (secondary N) is 1. The first kappa shape index (κ1) is 15.5. The van der Waals surface area contributed by atoms with Crippen molar-refractivity contribution in [1.29, 1.82) is 0 Å². The molecule has 116 valence electrons. The molecular formula is C14H22N4O3. The smallest absolute Gasteiger partial charge is 0.326 e. The summed E-state index contributed by atoms with van der Waals surface area (Å²) in [6.07, 6.45) is 1.73. The molecule has 0 spiro atoms. The standard InChI is InChI=1S/C14H22N4O3/c1-13(2,14(3,4)15)12(21)18-6-9-8(16-7-17-9)5-10(18)11(19)20/h7,10H,5-6,15H2,1-4H3,(H,16,17)(H,19,20). The molecule has 0 saturated carbocycles. The molecule has 0 saturated heterocycles. The monoisotopic (exact) mass is 294 g/mol. The first-order valence-corrected chi connectivity index (χ1v) is 6.89. The van der Waals surface area contributed by atoms with Crippen LogP contribution in [-0.4, -0.2) is 43.4 Å². The van der Waals surface area contributed by atoms with Crippen LogP contribution in [0.3, 0.4) is 0 Å². The zero-order valence-electron chi connectivity index (χ0n) is 12.8. The molecule has 1 aliphatic rings. The Hall–Kier alpha value is -1.89. The van der Waals surface area contributed by atoms with Gasteiger partial charge in [0.15, 0.2) is 0 Å². The first-order chi connectivity index (χ1) is 9.55. The van der Waals surface area contributed by atoms with Crippen LogP contribution in [0, 0.1) is 5.41 Å². The van der Waals surface area contributed by atoms with E-state index in [2.05, 4.69) is 9.97 Å². The summed E-state index contributed by atoms with van der Waals surface area (Å²) in [5, 5.41) is 9.43. The summed E-state index contributed by atoms with van der Waals surface area (Å²) < 4.78 is 0. The third-order valence-electron chi connectivity index (χ3n) is 4.59. The Morgan fingerprint density at radius 3 is 2.57 bits per heavy atom. The number of H-pyrrole nitrogens is 1. The van der Waals surface area contributed by atoms with Crippen LogP contribution in [0.1, 0.15) is 39.1 Å². The second kappa shape index (κ2) is 4.84. The SMILES string of the molecule is CC(C)(N)C(C)(C)C(=O)N1Cc2[nH]cnc2CC1C(=O)O. The minimum Gasteiger partial charge on any atom is -0.480 e. The molecule has 1 atom stereocenters. The zero-order valence-corrected chi connectivity index (χ0v) is 12.8. The number of carbonyl (C=O) groups is 2. The Morgan fingerprint density at radius 2 is 2.05 bits per heavy atom. The highest BCUT2D eigenvalue weighted by Gasteiger charge is 2.47. The van der Waals surface area contributed by atoms with Gasteiger partial charge in [0, 0.05) is 12.0 Å². The van der Waals surface area contributed by atoms with E-state index in [1.807, 2.05) is 0 Å². The van der Waals surface area contributed by atoms with Crippen molar-refractivity contribution >= 4 is 11.9 Å². The Bertz CT molecular complexity index is 571. The lowest BCUT2D eigenvalue weighted by Gasteiger charge is -2.43. The molecule has 4 N–H and O–H groups in total. The van der Waals surface area contributed by atoms with E-state index < -0.39 is 23.0 Å². The predicted octanol–water partition coefficient (Wildman–Crippen LogP) is 0.511. The molecule has 2 heterocycles. The maximum Gasteiger partial charge on any atom is 0.326 e. The first-order valence-electron chi connectivity index (χ1n) is 6.89. The lowest BCUT2D eigenvalue weighted by molar-refractivity contribution is -0.157. The number of carboxylic acid groups (broad SMARTS) is 1. The van der Waals surface area contributed by atoms with Gasteiger partial charge in [0.25, 0.3) is 0 Å². The van der Waals surface area contributed by atoms with Crippen molar-refractivity contribution in [3.05, 3.63) is 17.7 Å². The summed E-state index contributed by atoms with van der Waals surface area (Å²) in [4.78, 5) is 32.8. The summed E-state index contributed by atoms with van der Waals surface area (Å²) >= 11 is 0. The minimum absolute atomic E-state index is 0.209. The third kappa shape index (κ3) is 2.53. The van der Waals surface area contributed by atoms with E-state index in [4.69, 9.17) is 5.73 Å². The fourth-order valence-electron chi connectivity index (χ4n) is 2.30. The van der Waals surface area contributed by atoms with Crippen molar-refractivity contribution in [2.24, 2.45) is 11.1 Å². The summed E-state index contributed by atoms with van der Waals surface area (Å²) in [7, 11) is 0. The van der Waals surface area contributed by atoms with Gasteiger partial charge < -0.3 is 20.7 Å². The molecule has 1 aromatic rings. The number of imidazole rings is 1. The van der Waals surface area contributed by atoms with Gasteiger partial charge in [0.05, 0.1) is 29.7 Å². The van der Waals surface area contributed by atoms with Gasteiger partial charge in [-0.1, -0.05) is 0 Å². The number of carboxylic acids is 1. The third-order valence-corrected chi connectivity index (χ3v) is 4.59. The van der Waals surface area contributed by atoms with E-state index >= 15 is 0 Å². The highest BCUT2D eigenvalue weighted by molar-refractivity contribution is 5.88. The van der Waals surface area contributed by atoms with Crippen LogP contribution < -0.4 is 5.73 Å². The topological polar surface area (TPSA) is 112 Å². The van der Waals surface area contributed by atoms with E-state index in [0.717, 1.165) is 5.69 Å². The molecule has 1 amide bonds. The number of nitrogens with zero attached hydrogens (tertiary/aromatic N) is 2. The molecule has 0 aromatic carbocycles. The number of fused-ring (bicyclic) bond motifs is 1. The highest BCUT2D eigenvalue weighted by Crippen LogP contribution is 2.33. The fourth-order valence-corrected chi connectivity index (χ4v) is 2.30. The highest BCUT2D eigenvalue weighted by atomic mass is 16.4. The second-order valence-corrected chi connectivity index (χ2v) is 6.67. The van der Waals surface area contributed by atoms with Gasteiger partial charge in [-0.3, -0.25) is 4.79 Å². The van der Waals surface area contributed by atoms with Gasteiger partial charge in [-0.2, -0.15) is 0 Å². The molecule has 21 heavy (non-hydrogen) atoms. The summed E-state index contributed by atoms with van der Waals surface area (Å²) in [5.41, 5.74) is 5.95.